The first kappa shape index (κ1) is 12.0. The molecule has 0 aliphatic carbocycles. The van der Waals surface area contributed by atoms with Crippen LogP contribution in [0.5, 0.6) is 0 Å². The molecule has 0 saturated carbocycles. The molecule has 0 aromatic carbocycles. The van der Waals surface area contributed by atoms with E-state index in [4.69, 9.17) is 9.47 Å². The molecule has 1 aromatic heterocycles. The highest BCUT2D eigenvalue weighted by Gasteiger charge is 2.05. The molecule has 84 valence electrons. The Hall–Kier alpha value is -1.04. The first-order chi connectivity index (χ1) is 7.36. The van der Waals surface area contributed by atoms with Crippen molar-refractivity contribution in [3.63, 3.8) is 0 Å². The fourth-order valence-electron chi connectivity index (χ4n) is 1.18. The average Bonchev–Trinajstić information content (AvgIpc) is 2.29. The van der Waals surface area contributed by atoms with Gasteiger partial charge in [0, 0.05) is 45.9 Å². The Balaban J connectivity index is 2.20. The Labute approximate surface area is 89.8 Å². The topological polar surface area (TPSA) is 56.3 Å². The van der Waals surface area contributed by atoms with Crippen LogP contribution in [0.15, 0.2) is 18.6 Å². The molecule has 1 N–H and O–H groups in total. The van der Waals surface area contributed by atoms with E-state index < -0.39 is 0 Å². The lowest BCUT2D eigenvalue weighted by atomic mass is 10.3. The van der Waals surface area contributed by atoms with E-state index in [0.29, 0.717) is 13.2 Å². The summed E-state index contributed by atoms with van der Waals surface area (Å²) in [7, 11) is 3.34. The third-order valence-corrected chi connectivity index (χ3v) is 1.98. The van der Waals surface area contributed by atoms with Crippen LogP contribution in [-0.2, 0) is 16.0 Å². The van der Waals surface area contributed by atoms with Crippen LogP contribution >= 0.6 is 0 Å². The lowest BCUT2D eigenvalue weighted by Gasteiger charge is -2.14. The average molecular weight is 211 g/mol. The maximum atomic E-state index is 5.21. The van der Waals surface area contributed by atoms with Crippen molar-refractivity contribution in [3.8, 4) is 0 Å². The molecule has 15 heavy (non-hydrogen) atoms. The van der Waals surface area contributed by atoms with Crippen molar-refractivity contribution in [2.24, 2.45) is 0 Å². The van der Waals surface area contributed by atoms with Gasteiger partial charge in [0.05, 0.1) is 18.4 Å². The van der Waals surface area contributed by atoms with Crippen LogP contribution in [-0.4, -0.2) is 43.4 Å². The highest BCUT2D eigenvalue weighted by atomic mass is 16.5. The van der Waals surface area contributed by atoms with E-state index in [0.717, 1.165) is 12.2 Å². The molecule has 1 unspecified atom stereocenters. The fraction of sp³-hybridized carbons (Fsp3) is 0.600. The number of hydrogen-bond acceptors (Lipinski definition) is 5. The first-order valence-electron chi connectivity index (χ1n) is 4.84. The number of nitrogens with zero attached hydrogens (tertiary/aromatic N) is 2. The lowest BCUT2D eigenvalue weighted by Crippen LogP contribution is -2.31. The third kappa shape index (κ3) is 4.83. The molecule has 5 nitrogen and oxygen atoms in total. The maximum absolute atomic E-state index is 5.21. The van der Waals surface area contributed by atoms with Crippen molar-refractivity contribution in [1.29, 1.82) is 0 Å². The zero-order valence-electron chi connectivity index (χ0n) is 9.14. The molecule has 0 bridgehead atoms. The molecule has 0 spiro atoms. The van der Waals surface area contributed by atoms with Crippen molar-refractivity contribution >= 4 is 0 Å². The monoisotopic (exact) mass is 211 g/mol. The van der Waals surface area contributed by atoms with Gasteiger partial charge >= 0.3 is 0 Å². The maximum Gasteiger partial charge on any atom is 0.0928 e. The predicted molar refractivity (Wildman–Crippen MR) is 56.4 cm³/mol. The van der Waals surface area contributed by atoms with Crippen LogP contribution in [0, 0.1) is 0 Å². The van der Waals surface area contributed by atoms with Gasteiger partial charge in [-0.25, -0.2) is 0 Å². The molecule has 1 atom stereocenters. The SMILES string of the molecule is COCC(CNCc1cnccn1)OC. The molecule has 0 saturated heterocycles. The number of rotatable bonds is 7. The molecule has 0 aliphatic heterocycles. The Morgan fingerprint density at radius 3 is 2.87 bits per heavy atom. The van der Waals surface area contributed by atoms with Crippen molar-refractivity contribution < 1.29 is 9.47 Å². The highest BCUT2D eigenvalue weighted by molar-refractivity contribution is 4.93. The molecule has 5 heteroatoms. The molecule has 0 fully saturated rings. The van der Waals surface area contributed by atoms with E-state index in [1.54, 1.807) is 32.8 Å². The van der Waals surface area contributed by atoms with Gasteiger partial charge < -0.3 is 14.8 Å². The van der Waals surface area contributed by atoms with Gasteiger partial charge in [-0.3, -0.25) is 9.97 Å². The van der Waals surface area contributed by atoms with Gasteiger partial charge in [0.2, 0.25) is 0 Å². The van der Waals surface area contributed by atoms with Crippen molar-refractivity contribution in [2.75, 3.05) is 27.4 Å². The van der Waals surface area contributed by atoms with Crippen LogP contribution in [0.2, 0.25) is 0 Å². The molecular formula is C10H17N3O2. The van der Waals surface area contributed by atoms with E-state index in [9.17, 15) is 0 Å². The second kappa shape index (κ2) is 7.28. The molecule has 0 aliphatic rings. The van der Waals surface area contributed by atoms with Crippen molar-refractivity contribution in [1.82, 2.24) is 15.3 Å². The summed E-state index contributed by atoms with van der Waals surface area (Å²) in [6, 6.07) is 0. The largest absolute Gasteiger partial charge is 0.382 e. The summed E-state index contributed by atoms with van der Waals surface area (Å²) in [5.41, 5.74) is 0.921. The Kier molecular flexibility index (Phi) is 5.84. The zero-order chi connectivity index (χ0) is 10.9. The summed E-state index contributed by atoms with van der Waals surface area (Å²) in [5, 5.41) is 3.23. The second-order valence-electron chi connectivity index (χ2n) is 3.14. The zero-order valence-corrected chi connectivity index (χ0v) is 9.14. The van der Waals surface area contributed by atoms with Crippen LogP contribution in [0.3, 0.4) is 0 Å². The van der Waals surface area contributed by atoms with Gasteiger partial charge in [-0.05, 0) is 0 Å². The van der Waals surface area contributed by atoms with E-state index in [1.807, 2.05) is 0 Å². The molecule has 0 amide bonds. The predicted octanol–water partition coefficient (Wildman–Crippen LogP) is 0.228. The molecule has 0 radical (unpaired) electrons. The molecule has 1 rings (SSSR count). The fourth-order valence-corrected chi connectivity index (χ4v) is 1.18. The molecule has 1 aromatic rings. The first-order valence-corrected chi connectivity index (χ1v) is 4.84. The second-order valence-corrected chi connectivity index (χ2v) is 3.14. The van der Waals surface area contributed by atoms with Crippen molar-refractivity contribution in [2.45, 2.75) is 12.6 Å². The summed E-state index contributed by atoms with van der Waals surface area (Å²) < 4.78 is 10.2. The van der Waals surface area contributed by atoms with E-state index in [1.165, 1.54) is 0 Å². The lowest BCUT2D eigenvalue weighted by molar-refractivity contribution is 0.0287. The van der Waals surface area contributed by atoms with Gasteiger partial charge in [0.1, 0.15) is 0 Å². The highest BCUT2D eigenvalue weighted by Crippen LogP contribution is 1.92. The summed E-state index contributed by atoms with van der Waals surface area (Å²) in [5.74, 6) is 0. The Morgan fingerprint density at radius 1 is 1.40 bits per heavy atom. The van der Waals surface area contributed by atoms with Gasteiger partial charge in [-0.15, -0.1) is 0 Å². The minimum atomic E-state index is 0.0756. The van der Waals surface area contributed by atoms with Crippen LogP contribution in [0.4, 0.5) is 0 Å². The van der Waals surface area contributed by atoms with Crippen molar-refractivity contribution in [3.05, 3.63) is 24.3 Å². The van der Waals surface area contributed by atoms with E-state index in [-0.39, 0.29) is 6.10 Å². The number of ether oxygens (including phenoxy) is 2. The van der Waals surface area contributed by atoms with Gasteiger partial charge in [-0.2, -0.15) is 0 Å². The summed E-state index contributed by atoms with van der Waals surface area (Å²) in [4.78, 5) is 8.13. The smallest absolute Gasteiger partial charge is 0.0928 e. The summed E-state index contributed by atoms with van der Waals surface area (Å²) in [6.45, 7) is 2.02. The van der Waals surface area contributed by atoms with E-state index >= 15 is 0 Å². The Morgan fingerprint density at radius 2 is 2.27 bits per heavy atom. The number of aromatic nitrogens is 2. The third-order valence-electron chi connectivity index (χ3n) is 1.98. The standard InChI is InChI=1S/C10H17N3O2/c1-14-8-10(15-2)7-12-6-9-5-11-3-4-13-9/h3-5,10,12H,6-8H2,1-2H3. The van der Waals surface area contributed by atoms with Crippen LogP contribution < -0.4 is 5.32 Å². The van der Waals surface area contributed by atoms with Crippen LogP contribution in [0.1, 0.15) is 5.69 Å². The van der Waals surface area contributed by atoms with E-state index in [2.05, 4.69) is 15.3 Å². The number of nitrogens with one attached hydrogen (secondary N) is 1. The minimum absolute atomic E-state index is 0.0756. The number of methoxy groups -OCH3 is 2. The molecule has 1 heterocycles. The van der Waals surface area contributed by atoms with Gasteiger partial charge in [0.15, 0.2) is 0 Å². The van der Waals surface area contributed by atoms with Gasteiger partial charge in [0.25, 0.3) is 0 Å². The summed E-state index contributed by atoms with van der Waals surface area (Å²) >= 11 is 0. The number of hydrogen-bond donors (Lipinski definition) is 1. The van der Waals surface area contributed by atoms with Crippen LogP contribution in [0.25, 0.3) is 0 Å². The Bertz CT molecular complexity index is 256. The molecular weight excluding hydrogens is 194 g/mol. The minimum Gasteiger partial charge on any atom is -0.382 e. The van der Waals surface area contributed by atoms with Gasteiger partial charge in [-0.1, -0.05) is 0 Å². The summed E-state index contributed by atoms with van der Waals surface area (Å²) in [6.07, 6.45) is 5.16. The normalized spacial score (nSPS) is 12.7. The quantitative estimate of drug-likeness (QED) is 0.699.